The van der Waals surface area contributed by atoms with E-state index in [1.54, 1.807) is 0 Å². The number of rotatable bonds is 3. The van der Waals surface area contributed by atoms with Crippen LogP contribution in [0.5, 0.6) is 0 Å². The van der Waals surface area contributed by atoms with E-state index in [0.29, 0.717) is 0 Å². The second kappa shape index (κ2) is 4.81. The van der Waals surface area contributed by atoms with E-state index >= 15 is 0 Å². The topological polar surface area (TPSA) is 24.5 Å². The standard InChI is InChI=1S/C12H24N2O/c1-12(2)10-14(7-8-15-12)6-4-11-3-5-13-9-11/h11,13H,3-10H2,1-2H3. The lowest BCUT2D eigenvalue weighted by Crippen LogP contribution is -2.48. The van der Waals surface area contributed by atoms with Crippen LogP contribution in [-0.4, -0.2) is 49.8 Å². The molecule has 15 heavy (non-hydrogen) atoms. The molecule has 2 rings (SSSR count). The van der Waals surface area contributed by atoms with Gasteiger partial charge in [-0.1, -0.05) is 0 Å². The monoisotopic (exact) mass is 212 g/mol. The van der Waals surface area contributed by atoms with Crippen LogP contribution < -0.4 is 5.32 Å². The van der Waals surface area contributed by atoms with Gasteiger partial charge in [-0.2, -0.15) is 0 Å². The Labute approximate surface area is 93.2 Å². The molecule has 0 aromatic rings. The molecule has 0 aliphatic carbocycles. The summed E-state index contributed by atoms with van der Waals surface area (Å²) in [6.45, 7) is 11.2. The molecule has 0 saturated carbocycles. The molecule has 0 aromatic heterocycles. The third-order valence-electron chi connectivity index (χ3n) is 3.52. The molecule has 1 atom stereocenters. The molecule has 0 aromatic carbocycles. The fourth-order valence-electron chi connectivity index (χ4n) is 2.63. The summed E-state index contributed by atoms with van der Waals surface area (Å²) >= 11 is 0. The highest BCUT2D eigenvalue weighted by Crippen LogP contribution is 2.18. The third-order valence-corrected chi connectivity index (χ3v) is 3.52. The van der Waals surface area contributed by atoms with Crippen molar-refractivity contribution in [3.63, 3.8) is 0 Å². The van der Waals surface area contributed by atoms with Gasteiger partial charge in [-0.15, -0.1) is 0 Å². The van der Waals surface area contributed by atoms with E-state index in [4.69, 9.17) is 4.74 Å². The summed E-state index contributed by atoms with van der Waals surface area (Å²) in [7, 11) is 0. The van der Waals surface area contributed by atoms with Crippen LogP contribution in [0.2, 0.25) is 0 Å². The van der Waals surface area contributed by atoms with Gasteiger partial charge in [-0.05, 0) is 52.2 Å². The molecule has 0 radical (unpaired) electrons. The normalized spacial score (nSPS) is 32.0. The Morgan fingerprint density at radius 3 is 3.00 bits per heavy atom. The van der Waals surface area contributed by atoms with Crippen molar-refractivity contribution in [1.82, 2.24) is 10.2 Å². The first-order valence-corrected chi connectivity index (χ1v) is 6.23. The van der Waals surface area contributed by atoms with E-state index in [2.05, 4.69) is 24.1 Å². The lowest BCUT2D eigenvalue weighted by molar-refractivity contribution is -0.0866. The molecule has 88 valence electrons. The SMILES string of the molecule is CC1(C)CN(CCC2CCNC2)CCO1. The minimum Gasteiger partial charge on any atom is -0.373 e. The van der Waals surface area contributed by atoms with Gasteiger partial charge in [-0.25, -0.2) is 0 Å². The third kappa shape index (κ3) is 3.44. The van der Waals surface area contributed by atoms with E-state index in [0.717, 1.165) is 25.6 Å². The molecule has 0 amide bonds. The fourth-order valence-corrected chi connectivity index (χ4v) is 2.63. The van der Waals surface area contributed by atoms with Crippen LogP contribution in [0.4, 0.5) is 0 Å². The summed E-state index contributed by atoms with van der Waals surface area (Å²) in [5, 5.41) is 3.43. The molecular weight excluding hydrogens is 188 g/mol. The maximum absolute atomic E-state index is 5.71. The highest BCUT2D eigenvalue weighted by Gasteiger charge is 2.27. The molecule has 0 spiro atoms. The first-order chi connectivity index (χ1) is 7.16. The maximum Gasteiger partial charge on any atom is 0.0753 e. The van der Waals surface area contributed by atoms with Gasteiger partial charge >= 0.3 is 0 Å². The predicted molar refractivity (Wildman–Crippen MR) is 62.1 cm³/mol. The quantitative estimate of drug-likeness (QED) is 0.758. The second-order valence-electron chi connectivity index (χ2n) is 5.53. The van der Waals surface area contributed by atoms with Crippen molar-refractivity contribution in [3.8, 4) is 0 Å². The molecular formula is C12H24N2O. The Kier molecular flexibility index (Phi) is 3.65. The molecule has 3 heteroatoms. The number of ether oxygens (including phenoxy) is 1. The van der Waals surface area contributed by atoms with E-state index in [-0.39, 0.29) is 5.60 Å². The summed E-state index contributed by atoms with van der Waals surface area (Å²) < 4.78 is 5.71. The van der Waals surface area contributed by atoms with E-state index in [1.807, 2.05) is 0 Å². The first kappa shape index (κ1) is 11.4. The lowest BCUT2D eigenvalue weighted by Gasteiger charge is -2.38. The Balaban J connectivity index is 1.69. The maximum atomic E-state index is 5.71. The van der Waals surface area contributed by atoms with Crippen molar-refractivity contribution in [2.45, 2.75) is 32.3 Å². The summed E-state index contributed by atoms with van der Waals surface area (Å²) in [5.74, 6) is 0.913. The molecule has 1 unspecified atom stereocenters. The van der Waals surface area contributed by atoms with Crippen molar-refractivity contribution < 1.29 is 4.74 Å². The summed E-state index contributed by atoms with van der Waals surface area (Å²) in [6, 6.07) is 0. The van der Waals surface area contributed by atoms with Crippen molar-refractivity contribution >= 4 is 0 Å². The Hall–Kier alpha value is -0.120. The van der Waals surface area contributed by atoms with E-state index < -0.39 is 0 Å². The average molecular weight is 212 g/mol. The van der Waals surface area contributed by atoms with Crippen LogP contribution in [0.25, 0.3) is 0 Å². The molecule has 1 N–H and O–H groups in total. The highest BCUT2D eigenvalue weighted by atomic mass is 16.5. The average Bonchev–Trinajstić information content (AvgIpc) is 2.65. The largest absolute Gasteiger partial charge is 0.373 e. The predicted octanol–water partition coefficient (Wildman–Crippen LogP) is 1.10. The van der Waals surface area contributed by atoms with Gasteiger partial charge in [-0.3, -0.25) is 4.90 Å². The minimum atomic E-state index is 0.0617. The molecule has 2 heterocycles. The number of hydrogen-bond donors (Lipinski definition) is 1. The Bertz CT molecular complexity index is 200. The fraction of sp³-hybridized carbons (Fsp3) is 1.00. The van der Waals surface area contributed by atoms with Crippen LogP contribution in [0.1, 0.15) is 26.7 Å². The summed E-state index contributed by atoms with van der Waals surface area (Å²) in [6.07, 6.45) is 2.72. The molecule has 2 aliphatic rings. The van der Waals surface area contributed by atoms with Crippen LogP contribution >= 0.6 is 0 Å². The first-order valence-electron chi connectivity index (χ1n) is 6.23. The molecule has 0 bridgehead atoms. The second-order valence-corrected chi connectivity index (χ2v) is 5.53. The van der Waals surface area contributed by atoms with Crippen molar-refractivity contribution in [3.05, 3.63) is 0 Å². The van der Waals surface area contributed by atoms with Gasteiger partial charge in [0.2, 0.25) is 0 Å². The Morgan fingerprint density at radius 2 is 2.33 bits per heavy atom. The van der Waals surface area contributed by atoms with Crippen LogP contribution in [0.15, 0.2) is 0 Å². The molecule has 2 aliphatic heterocycles. The van der Waals surface area contributed by atoms with Crippen molar-refractivity contribution in [2.75, 3.05) is 39.3 Å². The van der Waals surface area contributed by atoms with E-state index in [9.17, 15) is 0 Å². The van der Waals surface area contributed by atoms with Gasteiger partial charge in [0, 0.05) is 13.1 Å². The summed E-state index contributed by atoms with van der Waals surface area (Å²) in [5.41, 5.74) is 0.0617. The van der Waals surface area contributed by atoms with Gasteiger partial charge < -0.3 is 10.1 Å². The van der Waals surface area contributed by atoms with Gasteiger partial charge in [0.25, 0.3) is 0 Å². The van der Waals surface area contributed by atoms with Gasteiger partial charge in [0.15, 0.2) is 0 Å². The molecule has 2 saturated heterocycles. The minimum absolute atomic E-state index is 0.0617. The number of hydrogen-bond acceptors (Lipinski definition) is 3. The van der Waals surface area contributed by atoms with Crippen LogP contribution in [0, 0.1) is 5.92 Å². The number of nitrogens with one attached hydrogen (secondary N) is 1. The van der Waals surface area contributed by atoms with Crippen LogP contribution in [0.3, 0.4) is 0 Å². The zero-order valence-corrected chi connectivity index (χ0v) is 10.1. The number of morpholine rings is 1. The number of nitrogens with zero attached hydrogens (tertiary/aromatic N) is 1. The lowest BCUT2D eigenvalue weighted by atomic mass is 10.0. The van der Waals surface area contributed by atoms with Crippen molar-refractivity contribution in [2.24, 2.45) is 5.92 Å². The smallest absolute Gasteiger partial charge is 0.0753 e. The molecule has 3 nitrogen and oxygen atoms in total. The van der Waals surface area contributed by atoms with Gasteiger partial charge in [0.1, 0.15) is 0 Å². The summed E-state index contributed by atoms with van der Waals surface area (Å²) in [4.78, 5) is 2.56. The van der Waals surface area contributed by atoms with Crippen LogP contribution in [-0.2, 0) is 4.74 Å². The van der Waals surface area contributed by atoms with Crippen molar-refractivity contribution in [1.29, 1.82) is 0 Å². The molecule has 2 fully saturated rings. The van der Waals surface area contributed by atoms with Gasteiger partial charge in [0.05, 0.1) is 12.2 Å². The Morgan fingerprint density at radius 1 is 1.47 bits per heavy atom. The zero-order chi connectivity index (χ0) is 10.7. The highest BCUT2D eigenvalue weighted by molar-refractivity contribution is 4.80. The zero-order valence-electron chi connectivity index (χ0n) is 10.1. The van der Waals surface area contributed by atoms with E-state index in [1.165, 1.54) is 32.5 Å².